The molecule has 3 nitrogen and oxygen atoms in total. The highest BCUT2D eigenvalue weighted by Gasteiger charge is 2.10. The Kier molecular flexibility index (Phi) is 6.30. The van der Waals surface area contributed by atoms with Crippen LogP contribution >= 0.6 is 11.8 Å². The van der Waals surface area contributed by atoms with E-state index in [1.54, 1.807) is 18.9 Å². The monoisotopic (exact) mass is 241 g/mol. The van der Waals surface area contributed by atoms with E-state index in [0.29, 0.717) is 13.2 Å². The first-order chi connectivity index (χ1) is 7.79. The number of ether oxygens (including phenoxy) is 2. The highest BCUT2D eigenvalue weighted by molar-refractivity contribution is 7.98. The lowest BCUT2D eigenvalue weighted by atomic mass is 10.1. The van der Waals surface area contributed by atoms with Crippen LogP contribution in [0.3, 0.4) is 0 Å². The van der Waals surface area contributed by atoms with Crippen molar-refractivity contribution in [2.75, 3.05) is 32.3 Å². The quantitative estimate of drug-likeness (QED) is 0.742. The van der Waals surface area contributed by atoms with Gasteiger partial charge >= 0.3 is 0 Å². The van der Waals surface area contributed by atoms with Crippen molar-refractivity contribution in [2.24, 2.45) is 5.73 Å². The van der Waals surface area contributed by atoms with Crippen LogP contribution in [0.15, 0.2) is 24.3 Å². The zero-order valence-corrected chi connectivity index (χ0v) is 10.6. The molecule has 0 radical (unpaired) electrons. The summed E-state index contributed by atoms with van der Waals surface area (Å²) in [4.78, 5) is 0. The van der Waals surface area contributed by atoms with E-state index >= 15 is 0 Å². The molecule has 0 aliphatic heterocycles. The number of methoxy groups -OCH3 is 1. The van der Waals surface area contributed by atoms with E-state index < -0.39 is 0 Å². The molecule has 0 amide bonds. The number of benzene rings is 1. The Morgan fingerprint density at radius 2 is 2.06 bits per heavy atom. The zero-order chi connectivity index (χ0) is 11.8. The summed E-state index contributed by atoms with van der Waals surface area (Å²) < 4.78 is 10.6. The van der Waals surface area contributed by atoms with E-state index in [4.69, 9.17) is 15.2 Å². The Labute approximate surface area is 101 Å². The molecule has 4 heteroatoms. The van der Waals surface area contributed by atoms with Crippen molar-refractivity contribution in [1.82, 2.24) is 0 Å². The highest BCUT2D eigenvalue weighted by Crippen LogP contribution is 2.25. The second-order valence-electron chi connectivity index (χ2n) is 3.44. The third kappa shape index (κ3) is 4.04. The number of rotatable bonds is 7. The maximum atomic E-state index is 6.08. The van der Waals surface area contributed by atoms with Gasteiger partial charge in [0.1, 0.15) is 12.4 Å². The second kappa shape index (κ2) is 7.54. The molecule has 16 heavy (non-hydrogen) atoms. The van der Waals surface area contributed by atoms with Crippen molar-refractivity contribution in [3.63, 3.8) is 0 Å². The lowest BCUT2D eigenvalue weighted by Crippen LogP contribution is -2.15. The number of para-hydroxylation sites is 1. The summed E-state index contributed by atoms with van der Waals surface area (Å²) in [6.45, 7) is 1.14. The van der Waals surface area contributed by atoms with Gasteiger partial charge in [-0.05, 0) is 12.3 Å². The van der Waals surface area contributed by atoms with Crippen molar-refractivity contribution >= 4 is 11.8 Å². The van der Waals surface area contributed by atoms with Gasteiger partial charge in [0.05, 0.1) is 6.61 Å². The third-order valence-corrected chi connectivity index (χ3v) is 2.90. The molecule has 1 unspecified atom stereocenters. The van der Waals surface area contributed by atoms with Gasteiger partial charge in [0.25, 0.3) is 0 Å². The van der Waals surface area contributed by atoms with E-state index in [1.165, 1.54) is 0 Å². The highest BCUT2D eigenvalue weighted by atomic mass is 32.2. The lowest BCUT2D eigenvalue weighted by molar-refractivity contribution is 0.145. The molecule has 1 atom stereocenters. The molecule has 0 aromatic heterocycles. The molecule has 0 fully saturated rings. The molecule has 2 N–H and O–H groups in total. The molecule has 0 spiro atoms. The molecule has 0 aliphatic carbocycles. The molecule has 0 bridgehead atoms. The minimum atomic E-state index is 0.0220. The van der Waals surface area contributed by atoms with Crippen LogP contribution in [0.25, 0.3) is 0 Å². The Balaban J connectivity index is 2.67. The molecule has 90 valence electrons. The van der Waals surface area contributed by atoms with Crippen molar-refractivity contribution in [2.45, 2.75) is 6.04 Å². The van der Waals surface area contributed by atoms with Crippen LogP contribution < -0.4 is 10.5 Å². The standard InChI is InChI=1S/C12H19NO2S/c1-14-7-8-15-12-6-4-3-5-10(12)11(13)9-16-2/h3-6,11H,7-9,13H2,1-2H3. The largest absolute Gasteiger partial charge is 0.491 e. The van der Waals surface area contributed by atoms with Gasteiger partial charge in [-0.2, -0.15) is 11.8 Å². The van der Waals surface area contributed by atoms with E-state index in [2.05, 4.69) is 0 Å². The predicted octanol–water partition coefficient (Wildman–Crippen LogP) is 2.07. The Morgan fingerprint density at radius 1 is 1.31 bits per heavy atom. The van der Waals surface area contributed by atoms with Gasteiger partial charge in [0.15, 0.2) is 0 Å². The molecule has 0 aliphatic rings. The Hall–Kier alpha value is -0.710. The number of hydrogen-bond acceptors (Lipinski definition) is 4. The van der Waals surface area contributed by atoms with Crippen LogP contribution in [0.5, 0.6) is 5.75 Å². The lowest BCUT2D eigenvalue weighted by Gasteiger charge is -2.15. The number of hydrogen-bond donors (Lipinski definition) is 1. The van der Waals surface area contributed by atoms with Crippen molar-refractivity contribution in [3.05, 3.63) is 29.8 Å². The SMILES string of the molecule is COCCOc1ccccc1C(N)CSC. The van der Waals surface area contributed by atoms with Crippen LogP contribution in [0.2, 0.25) is 0 Å². The number of thioether (sulfide) groups is 1. The third-order valence-electron chi connectivity index (χ3n) is 2.21. The second-order valence-corrected chi connectivity index (χ2v) is 4.35. The van der Waals surface area contributed by atoms with Gasteiger partial charge in [-0.25, -0.2) is 0 Å². The fourth-order valence-corrected chi connectivity index (χ4v) is 1.96. The first-order valence-corrected chi connectivity index (χ1v) is 6.64. The van der Waals surface area contributed by atoms with Gasteiger partial charge in [0.2, 0.25) is 0 Å². The van der Waals surface area contributed by atoms with Gasteiger partial charge < -0.3 is 15.2 Å². The molecule has 0 saturated heterocycles. The maximum absolute atomic E-state index is 6.08. The van der Waals surface area contributed by atoms with Crippen molar-refractivity contribution < 1.29 is 9.47 Å². The summed E-state index contributed by atoms with van der Waals surface area (Å²) in [6.07, 6.45) is 2.05. The normalized spacial score (nSPS) is 12.4. The van der Waals surface area contributed by atoms with Crippen LogP contribution in [0.4, 0.5) is 0 Å². The summed E-state index contributed by atoms with van der Waals surface area (Å²) in [5.74, 6) is 1.76. The molecule has 0 heterocycles. The van der Waals surface area contributed by atoms with Gasteiger partial charge in [-0.3, -0.25) is 0 Å². The maximum Gasteiger partial charge on any atom is 0.124 e. The Bertz CT molecular complexity index is 307. The van der Waals surface area contributed by atoms with E-state index in [1.807, 2.05) is 30.5 Å². The summed E-state index contributed by atoms with van der Waals surface area (Å²) >= 11 is 1.74. The fraction of sp³-hybridized carbons (Fsp3) is 0.500. The summed E-state index contributed by atoms with van der Waals surface area (Å²) in [7, 11) is 1.66. The Morgan fingerprint density at radius 3 is 2.75 bits per heavy atom. The molecule has 1 rings (SSSR count). The first-order valence-electron chi connectivity index (χ1n) is 5.24. The smallest absolute Gasteiger partial charge is 0.124 e. The van der Waals surface area contributed by atoms with Crippen LogP contribution in [-0.4, -0.2) is 32.3 Å². The molecule has 1 aromatic rings. The van der Waals surface area contributed by atoms with Gasteiger partial charge in [0, 0.05) is 24.5 Å². The average molecular weight is 241 g/mol. The zero-order valence-electron chi connectivity index (χ0n) is 9.81. The topological polar surface area (TPSA) is 44.5 Å². The predicted molar refractivity (Wildman–Crippen MR) is 69.1 cm³/mol. The fourth-order valence-electron chi connectivity index (χ4n) is 1.42. The average Bonchev–Trinajstić information content (AvgIpc) is 2.30. The molecular weight excluding hydrogens is 222 g/mol. The minimum absolute atomic E-state index is 0.0220. The van der Waals surface area contributed by atoms with E-state index in [-0.39, 0.29) is 6.04 Å². The van der Waals surface area contributed by atoms with Crippen molar-refractivity contribution in [3.8, 4) is 5.75 Å². The van der Waals surface area contributed by atoms with Crippen LogP contribution in [-0.2, 0) is 4.74 Å². The molecule has 0 saturated carbocycles. The van der Waals surface area contributed by atoms with Crippen LogP contribution in [0, 0.1) is 0 Å². The van der Waals surface area contributed by atoms with Crippen LogP contribution in [0.1, 0.15) is 11.6 Å². The minimum Gasteiger partial charge on any atom is -0.491 e. The van der Waals surface area contributed by atoms with Crippen molar-refractivity contribution in [1.29, 1.82) is 0 Å². The summed E-state index contributed by atoms with van der Waals surface area (Å²) in [6, 6.07) is 7.93. The first kappa shape index (κ1) is 13.4. The van der Waals surface area contributed by atoms with E-state index in [9.17, 15) is 0 Å². The van der Waals surface area contributed by atoms with Gasteiger partial charge in [-0.1, -0.05) is 18.2 Å². The molecular formula is C12H19NO2S. The molecule has 1 aromatic carbocycles. The number of nitrogens with two attached hydrogens (primary N) is 1. The summed E-state index contributed by atoms with van der Waals surface area (Å²) in [5, 5.41) is 0. The summed E-state index contributed by atoms with van der Waals surface area (Å²) in [5.41, 5.74) is 7.14. The van der Waals surface area contributed by atoms with Gasteiger partial charge in [-0.15, -0.1) is 0 Å². The van der Waals surface area contributed by atoms with E-state index in [0.717, 1.165) is 17.1 Å².